The van der Waals surface area contributed by atoms with E-state index < -0.39 is 0 Å². The maximum absolute atomic E-state index is 4.16. The van der Waals surface area contributed by atoms with Gasteiger partial charge in [-0.1, -0.05) is 6.08 Å². The van der Waals surface area contributed by atoms with Crippen LogP contribution < -0.4 is 10.6 Å². The van der Waals surface area contributed by atoms with E-state index in [1.807, 2.05) is 6.08 Å². The highest BCUT2D eigenvalue weighted by atomic mass is 15.2. The summed E-state index contributed by atoms with van der Waals surface area (Å²) in [5.74, 6) is 1.72. The van der Waals surface area contributed by atoms with Gasteiger partial charge < -0.3 is 15.5 Å². The van der Waals surface area contributed by atoms with Gasteiger partial charge in [0.1, 0.15) is 0 Å². The van der Waals surface area contributed by atoms with Gasteiger partial charge in [0.05, 0.1) is 0 Å². The minimum absolute atomic E-state index is 0.613. The number of likely N-dealkylation sites (N-methyl/N-ethyl adjacent to an activating group) is 1. The number of hydrogen-bond acceptors (Lipinski definition) is 2. The van der Waals surface area contributed by atoms with E-state index in [0.717, 1.165) is 25.0 Å². The minimum Gasteiger partial charge on any atom is -0.355 e. The number of nitrogens with zero attached hydrogens (tertiary/aromatic N) is 2. The molecule has 1 saturated carbocycles. The van der Waals surface area contributed by atoms with Gasteiger partial charge in [-0.25, -0.2) is 0 Å². The van der Waals surface area contributed by atoms with E-state index in [-0.39, 0.29) is 0 Å². The first kappa shape index (κ1) is 13.0. The molecule has 2 N–H and O–H groups in total. The van der Waals surface area contributed by atoms with Crippen molar-refractivity contribution in [3.8, 4) is 0 Å². The van der Waals surface area contributed by atoms with Crippen LogP contribution in [-0.4, -0.2) is 51.1 Å². The number of nitrogens with one attached hydrogen (secondary N) is 2. The fourth-order valence-electron chi connectivity index (χ4n) is 1.84. The maximum Gasteiger partial charge on any atom is 0.191 e. The Morgan fingerprint density at radius 3 is 2.62 bits per heavy atom. The summed E-state index contributed by atoms with van der Waals surface area (Å²) in [5.41, 5.74) is 0. The molecule has 4 heteroatoms. The molecule has 1 atom stereocenters. The summed E-state index contributed by atoms with van der Waals surface area (Å²) < 4.78 is 0. The van der Waals surface area contributed by atoms with Gasteiger partial charge in [0.2, 0.25) is 0 Å². The highest BCUT2D eigenvalue weighted by Crippen LogP contribution is 2.34. The molecule has 0 aromatic heterocycles. The van der Waals surface area contributed by atoms with Gasteiger partial charge in [0, 0.05) is 26.2 Å². The number of hydrogen-bond donors (Lipinski definition) is 2. The van der Waals surface area contributed by atoms with Crippen LogP contribution in [0, 0.1) is 5.92 Å². The summed E-state index contributed by atoms with van der Waals surface area (Å²) in [5, 5.41) is 6.53. The molecule has 4 nitrogen and oxygen atoms in total. The zero-order valence-corrected chi connectivity index (χ0v) is 10.7. The zero-order valence-electron chi connectivity index (χ0n) is 10.7. The fraction of sp³-hybridized carbons (Fsp3) is 0.750. The molecule has 0 amide bonds. The van der Waals surface area contributed by atoms with E-state index in [0.29, 0.717) is 6.04 Å². The number of aliphatic imine (C=N–C) groups is 1. The van der Waals surface area contributed by atoms with Crippen molar-refractivity contribution in [3.63, 3.8) is 0 Å². The molecule has 1 aliphatic carbocycles. The molecule has 0 aromatic rings. The Morgan fingerprint density at radius 2 is 2.19 bits per heavy atom. The molecular weight excluding hydrogens is 200 g/mol. The summed E-state index contributed by atoms with van der Waals surface area (Å²) in [6.07, 6.45) is 4.56. The van der Waals surface area contributed by atoms with Crippen molar-refractivity contribution < 1.29 is 0 Å². The average molecular weight is 224 g/mol. The Kier molecular flexibility index (Phi) is 5.32. The smallest absolute Gasteiger partial charge is 0.191 e. The molecule has 0 aromatic carbocycles. The summed E-state index contributed by atoms with van der Waals surface area (Å²) in [6, 6.07) is 0.613. The Labute approximate surface area is 98.8 Å². The normalized spacial score (nSPS) is 18.4. The van der Waals surface area contributed by atoms with Crippen LogP contribution in [0.5, 0.6) is 0 Å². The van der Waals surface area contributed by atoms with E-state index in [4.69, 9.17) is 0 Å². The van der Waals surface area contributed by atoms with Gasteiger partial charge in [0.25, 0.3) is 0 Å². The molecule has 0 radical (unpaired) electrons. The van der Waals surface area contributed by atoms with Crippen molar-refractivity contribution in [2.24, 2.45) is 10.9 Å². The van der Waals surface area contributed by atoms with E-state index in [9.17, 15) is 0 Å². The molecule has 0 saturated heterocycles. The molecule has 16 heavy (non-hydrogen) atoms. The Bertz CT molecular complexity index is 241. The van der Waals surface area contributed by atoms with E-state index in [2.05, 4.69) is 41.2 Å². The fourth-order valence-corrected chi connectivity index (χ4v) is 1.84. The van der Waals surface area contributed by atoms with Crippen molar-refractivity contribution in [1.29, 1.82) is 0 Å². The van der Waals surface area contributed by atoms with E-state index in [1.54, 1.807) is 7.05 Å². The van der Waals surface area contributed by atoms with E-state index >= 15 is 0 Å². The van der Waals surface area contributed by atoms with Crippen LogP contribution in [0.3, 0.4) is 0 Å². The van der Waals surface area contributed by atoms with Crippen LogP contribution in [0.1, 0.15) is 12.8 Å². The first-order valence-corrected chi connectivity index (χ1v) is 5.91. The highest BCUT2D eigenvalue weighted by molar-refractivity contribution is 5.79. The Morgan fingerprint density at radius 1 is 1.50 bits per heavy atom. The van der Waals surface area contributed by atoms with Gasteiger partial charge in [-0.3, -0.25) is 4.99 Å². The van der Waals surface area contributed by atoms with Crippen molar-refractivity contribution in [2.75, 3.05) is 34.2 Å². The topological polar surface area (TPSA) is 39.7 Å². The molecule has 1 fully saturated rings. The molecule has 1 rings (SSSR count). The molecule has 1 aliphatic rings. The molecule has 92 valence electrons. The molecule has 0 spiro atoms. The second-order valence-corrected chi connectivity index (χ2v) is 4.49. The largest absolute Gasteiger partial charge is 0.355 e. The molecule has 0 heterocycles. The van der Waals surface area contributed by atoms with Crippen molar-refractivity contribution in [1.82, 2.24) is 15.5 Å². The quantitative estimate of drug-likeness (QED) is 0.396. The highest BCUT2D eigenvalue weighted by Gasteiger charge is 2.32. The van der Waals surface area contributed by atoms with E-state index in [1.165, 1.54) is 12.8 Å². The lowest BCUT2D eigenvalue weighted by Gasteiger charge is -2.25. The molecule has 0 aliphatic heterocycles. The lowest BCUT2D eigenvalue weighted by Crippen LogP contribution is -2.46. The van der Waals surface area contributed by atoms with Gasteiger partial charge in [-0.2, -0.15) is 0 Å². The third kappa shape index (κ3) is 4.23. The lowest BCUT2D eigenvalue weighted by molar-refractivity contribution is 0.264. The second-order valence-electron chi connectivity index (χ2n) is 4.49. The van der Waals surface area contributed by atoms with Crippen molar-refractivity contribution in [2.45, 2.75) is 18.9 Å². The standard InChI is InChI=1S/C12H24N4/c1-5-8-14-12(13-2)15-9-11(16(3)4)10-6-7-10/h5,10-11H,1,6-9H2,2-4H3,(H2,13,14,15). The first-order valence-electron chi connectivity index (χ1n) is 5.91. The summed E-state index contributed by atoms with van der Waals surface area (Å²) in [7, 11) is 6.08. The summed E-state index contributed by atoms with van der Waals surface area (Å²) in [4.78, 5) is 6.46. The third-order valence-electron chi connectivity index (χ3n) is 2.95. The molecule has 0 bridgehead atoms. The molecular formula is C12H24N4. The van der Waals surface area contributed by atoms with Crippen LogP contribution in [0.2, 0.25) is 0 Å². The number of rotatable bonds is 6. The summed E-state index contributed by atoms with van der Waals surface area (Å²) >= 11 is 0. The SMILES string of the molecule is C=CCNC(=NC)NCC(C1CC1)N(C)C. The zero-order chi connectivity index (χ0) is 12.0. The third-order valence-corrected chi connectivity index (χ3v) is 2.95. The lowest BCUT2D eigenvalue weighted by atomic mass is 10.1. The van der Waals surface area contributed by atoms with Crippen molar-refractivity contribution >= 4 is 5.96 Å². The van der Waals surface area contributed by atoms with Crippen LogP contribution in [0.15, 0.2) is 17.6 Å². The Balaban J connectivity index is 2.32. The Hall–Kier alpha value is -1.03. The van der Waals surface area contributed by atoms with Crippen LogP contribution in [0.25, 0.3) is 0 Å². The average Bonchev–Trinajstić information content (AvgIpc) is 3.06. The van der Waals surface area contributed by atoms with Crippen LogP contribution >= 0.6 is 0 Å². The van der Waals surface area contributed by atoms with Gasteiger partial charge in [0.15, 0.2) is 5.96 Å². The predicted molar refractivity (Wildman–Crippen MR) is 69.8 cm³/mol. The van der Waals surface area contributed by atoms with Crippen LogP contribution in [-0.2, 0) is 0 Å². The minimum atomic E-state index is 0.613. The van der Waals surface area contributed by atoms with Gasteiger partial charge in [-0.15, -0.1) is 6.58 Å². The van der Waals surface area contributed by atoms with Gasteiger partial charge in [-0.05, 0) is 32.9 Å². The monoisotopic (exact) mass is 224 g/mol. The first-order chi connectivity index (χ1) is 7.69. The molecule has 1 unspecified atom stereocenters. The maximum atomic E-state index is 4.16. The number of guanidine groups is 1. The predicted octanol–water partition coefficient (Wildman–Crippen LogP) is 0.678. The second kappa shape index (κ2) is 6.53. The van der Waals surface area contributed by atoms with Gasteiger partial charge >= 0.3 is 0 Å². The van der Waals surface area contributed by atoms with Crippen LogP contribution in [0.4, 0.5) is 0 Å². The summed E-state index contributed by atoms with van der Waals surface area (Å²) in [6.45, 7) is 5.37. The van der Waals surface area contributed by atoms with Crippen molar-refractivity contribution in [3.05, 3.63) is 12.7 Å².